The van der Waals surface area contributed by atoms with Crippen molar-refractivity contribution in [3.8, 4) is 0 Å². The molecule has 2 unspecified atom stereocenters. The summed E-state index contributed by atoms with van der Waals surface area (Å²) in [5, 5.41) is 0.333. The Kier molecular flexibility index (Phi) is 5.91. The molecule has 1 saturated heterocycles. The molecule has 1 heterocycles. The summed E-state index contributed by atoms with van der Waals surface area (Å²) in [5.74, 6) is -0.882. The molecule has 1 aliphatic rings. The van der Waals surface area contributed by atoms with Gasteiger partial charge >= 0.3 is 6.18 Å². The molecular weight excluding hydrogens is 315 g/mol. The molecule has 7 heteroatoms. The number of ether oxygens (including phenoxy) is 1. The van der Waals surface area contributed by atoms with Crippen LogP contribution < -0.4 is 0 Å². The lowest BCUT2D eigenvalue weighted by molar-refractivity contribution is -0.164. The van der Waals surface area contributed by atoms with Crippen molar-refractivity contribution in [2.24, 2.45) is 5.92 Å². The van der Waals surface area contributed by atoms with Gasteiger partial charge in [-0.1, -0.05) is 22.9 Å². The number of halogens is 4. The Morgan fingerprint density at radius 3 is 2.67 bits per heavy atom. The summed E-state index contributed by atoms with van der Waals surface area (Å²) >= 11 is 3.07. The number of alkyl halides is 4. The topological polar surface area (TPSA) is 29.5 Å². The first-order chi connectivity index (χ1) is 8.39. The summed E-state index contributed by atoms with van der Waals surface area (Å²) in [4.78, 5) is 13.0. The molecule has 1 fully saturated rings. The van der Waals surface area contributed by atoms with Gasteiger partial charge in [-0.2, -0.15) is 13.2 Å². The normalized spacial score (nSPS) is 24.3. The quantitative estimate of drug-likeness (QED) is 0.725. The highest BCUT2D eigenvalue weighted by atomic mass is 79.9. The third-order valence-electron chi connectivity index (χ3n) is 2.97. The Morgan fingerprint density at radius 1 is 1.50 bits per heavy atom. The summed E-state index contributed by atoms with van der Waals surface area (Å²) in [5.41, 5.74) is 0. The highest BCUT2D eigenvalue weighted by Gasteiger charge is 2.39. The maximum absolute atomic E-state index is 12.4. The molecule has 0 saturated carbocycles. The van der Waals surface area contributed by atoms with E-state index in [0.717, 1.165) is 4.90 Å². The Balaban J connectivity index is 2.69. The first-order valence-corrected chi connectivity index (χ1v) is 7.04. The van der Waals surface area contributed by atoms with Crippen molar-refractivity contribution in [3.05, 3.63) is 0 Å². The molecule has 0 aliphatic carbocycles. The Hall–Kier alpha value is -0.300. The number of carbonyl (C=O) groups is 1. The lowest BCUT2D eigenvalue weighted by Gasteiger charge is -2.27. The molecule has 0 N–H and O–H groups in total. The van der Waals surface area contributed by atoms with Gasteiger partial charge in [0, 0.05) is 18.5 Å². The Labute approximate surface area is 113 Å². The van der Waals surface area contributed by atoms with Crippen LogP contribution >= 0.6 is 15.9 Å². The van der Waals surface area contributed by atoms with Gasteiger partial charge in [-0.05, 0) is 12.8 Å². The SMILES string of the molecule is CCC1OCCC1C(=O)N(CCBr)CC(F)(F)F. The maximum Gasteiger partial charge on any atom is 0.406 e. The number of amides is 1. The monoisotopic (exact) mass is 331 g/mol. The third kappa shape index (κ3) is 4.42. The zero-order chi connectivity index (χ0) is 13.8. The van der Waals surface area contributed by atoms with Gasteiger partial charge in [0.15, 0.2) is 0 Å². The van der Waals surface area contributed by atoms with Crippen LogP contribution in [0.1, 0.15) is 19.8 Å². The molecule has 106 valence electrons. The van der Waals surface area contributed by atoms with Gasteiger partial charge in [-0.15, -0.1) is 0 Å². The number of rotatable bonds is 5. The molecule has 0 aromatic carbocycles. The average Bonchev–Trinajstić information content (AvgIpc) is 2.73. The van der Waals surface area contributed by atoms with E-state index < -0.39 is 24.5 Å². The maximum atomic E-state index is 12.4. The van der Waals surface area contributed by atoms with E-state index in [2.05, 4.69) is 15.9 Å². The fraction of sp³-hybridized carbons (Fsp3) is 0.909. The van der Waals surface area contributed by atoms with Crippen LogP contribution in [-0.2, 0) is 9.53 Å². The van der Waals surface area contributed by atoms with Crippen molar-refractivity contribution in [3.63, 3.8) is 0 Å². The average molecular weight is 332 g/mol. The third-order valence-corrected chi connectivity index (χ3v) is 3.32. The van der Waals surface area contributed by atoms with Crippen LogP contribution in [0.4, 0.5) is 13.2 Å². The van der Waals surface area contributed by atoms with Crippen molar-refractivity contribution in [2.75, 3.05) is 25.0 Å². The van der Waals surface area contributed by atoms with Crippen molar-refractivity contribution in [2.45, 2.75) is 32.0 Å². The van der Waals surface area contributed by atoms with Crippen molar-refractivity contribution >= 4 is 21.8 Å². The Morgan fingerprint density at radius 2 is 2.17 bits per heavy atom. The van der Waals surface area contributed by atoms with Crippen LogP contribution in [0, 0.1) is 5.92 Å². The molecule has 2 atom stereocenters. The molecule has 0 aromatic heterocycles. The second-order valence-electron chi connectivity index (χ2n) is 4.28. The minimum Gasteiger partial charge on any atom is -0.377 e. The van der Waals surface area contributed by atoms with E-state index in [1.54, 1.807) is 0 Å². The zero-order valence-electron chi connectivity index (χ0n) is 10.2. The highest BCUT2D eigenvalue weighted by molar-refractivity contribution is 9.09. The largest absolute Gasteiger partial charge is 0.406 e. The number of hydrogen-bond acceptors (Lipinski definition) is 2. The minimum absolute atomic E-state index is 0.0608. The molecule has 0 radical (unpaired) electrons. The summed E-state index contributed by atoms with van der Waals surface area (Å²) in [6.07, 6.45) is -3.46. The zero-order valence-corrected chi connectivity index (χ0v) is 11.8. The van der Waals surface area contributed by atoms with E-state index in [0.29, 0.717) is 24.8 Å². The lowest BCUT2D eigenvalue weighted by Crippen LogP contribution is -2.44. The predicted molar refractivity (Wildman–Crippen MR) is 64.6 cm³/mol. The first-order valence-electron chi connectivity index (χ1n) is 5.92. The molecule has 1 aliphatic heterocycles. The highest BCUT2D eigenvalue weighted by Crippen LogP contribution is 2.27. The fourth-order valence-electron chi connectivity index (χ4n) is 2.15. The van der Waals surface area contributed by atoms with Crippen molar-refractivity contribution < 1.29 is 22.7 Å². The second-order valence-corrected chi connectivity index (χ2v) is 5.07. The van der Waals surface area contributed by atoms with E-state index in [1.165, 1.54) is 0 Å². The molecular formula is C11H17BrF3NO2. The van der Waals surface area contributed by atoms with Gasteiger partial charge in [0.1, 0.15) is 6.54 Å². The second kappa shape index (κ2) is 6.75. The van der Waals surface area contributed by atoms with Gasteiger partial charge < -0.3 is 9.64 Å². The van der Waals surface area contributed by atoms with Crippen LogP contribution in [0.2, 0.25) is 0 Å². The predicted octanol–water partition coefficient (Wildman–Crippen LogP) is 2.59. The van der Waals surface area contributed by atoms with E-state index >= 15 is 0 Å². The molecule has 1 rings (SSSR count). The van der Waals surface area contributed by atoms with Gasteiger partial charge in [0.2, 0.25) is 5.91 Å². The van der Waals surface area contributed by atoms with E-state index in [-0.39, 0.29) is 12.6 Å². The van der Waals surface area contributed by atoms with Gasteiger partial charge in [-0.3, -0.25) is 4.79 Å². The molecule has 1 amide bonds. The van der Waals surface area contributed by atoms with E-state index in [4.69, 9.17) is 4.74 Å². The summed E-state index contributed by atoms with van der Waals surface area (Å²) in [6, 6.07) is 0. The van der Waals surface area contributed by atoms with Gasteiger partial charge in [-0.25, -0.2) is 0 Å². The number of hydrogen-bond donors (Lipinski definition) is 0. The molecule has 0 bridgehead atoms. The van der Waals surface area contributed by atoms with Crippen LogP contribution in [-0.4, -0.2) is 48.1 Å². The number of nitrogens with zero attached hydrogens (tertiary/aromatic N) is 1. The smallest absolute Gasteiger partial charge is 0.377 e. The minimum atomic E-state index is -4.36. The van der Waals surface area contributed by atoms with E-state index in [9.17, 15) is 18.0 Å². The van der Waals surface area contributed by atoms with Crippen molar-refractivity contribution in [1.82, 2.24) is 4.90 Å². The van der Waals surface area contributed by atoms with Gasteiger partial charge in [0.25, 0.3) is 0 Å². The van der Waals surface area contributed by atoms with Crippen molar-refractivity contribution in [1.29, 1.82) is 0 Å². The van der Waals surface area contributed by atoms with Crippen LogP contribution in [0.15, 0.2) is 0 Å². The molecule has 0 aromatic rings. The Bertz CT molecular complexity index is 286. The first kappa shape index (κ1) is 15.8. The van der Waals surface area contributed by atoms with Gasteiger partial charge in [0.05, 0.1) is 12.0 Å². The summed E-state index contributed by atoms with van der Waals surface area (Å²) in [6.45, 7) is 1.19. The fourth-order valence-corrected chi connectivity index (χ4v) is 2.58. The number of carbonyl (C=O) groups excluding carboxylic acids is 1. The summed E-state index contributed by atoms with van der Waals surface area (Å²) < 4.78 is 42.6. The lowest BCUT2D eigenvalue weighted by atomic mass is 9.98. The molecule has 0 spiro atoms. The van der Waals surface area contributed by atoms with Crippen LogP contribution in [0.3, 0.4) is 0 Å². The molecule has 18 heavy (non-hydrogen) atoms. The summed E-state index contributed by atoms with van der Waals surface area (Å²) in [7, 11) is 0. The van der Waals surface area contributed by atoms with Crippen LogP contribution in [0.5, 0.6) is 0 Å². The van der Waals surface area contributed by atoms with Crippen LogP contribution in [0.25, 0.3) is 0 Å². The standard InChI is InChI=1S/C11H17BrF3NO2/c1-2-9-8(3-6-18-9)10(17)16(5-4-12)7-11(13,14)15/h8-9H,2-7H2,1H3. The molecule has 3 nitrogen and oxygen atoms in total. The van der Waals surface area contributed by atoms with E-state index in [1.807, 2.05) is 6.92 Å².